The molecule has 0 saturated heterocycles. The lowest BCUT2D eigenvalue weighted by Crippen LogP contribution is -2.03. The molecule has 1 aromatic heterocycles. The Kier molecular flexibility index (Phi) is 7.52. The van der Waals surface area contributed by atoms with Gasteiger partial charge in [-0.1, -0.05) is 37.3 Å². The van der Waals surface area contributed by atoms with Crippen LogP contribution in [0, 0.1) is 6.92 Å². The van der Waals surface area contributed by atoms with Crippen LogP contribution in [-0.2, 0) is 17.4 Å². The summed E-state index contributed by atoms with van der Waals surface area (Å²) in [5.74, 6) is -0.803. The van der Waals surface area contributed by atoms with E-state index < -0.39 is 17.7 Å². The number of thioether (sulfide) groups is 1. The molecule has 0 radical (unpaired) electrons. The van der Waals surface area contributed by atoms with Crippen LogP contribution in [0.25, 0.3) is 20.8 Å². The van der Waals surface area contributed by atoms with Crippen LogP contribution in [0.3, 0.4) is 0 Å². The topological polar surface area (TPSA) is 50.2 Å². The predicted molar refractivity (Wildman–Crippen MR) is 136 cm³/mol. The van der Waals surface area contributed by atoms with Crippen molar-refractivity contribution in [1.82, 2.24) is 4.98 Å². The van der Waals surface area contributed by atoms with Gasteiger partial charge in [0.1, 0.15) is 5.01 Å². The Morgan fingerprint density at radius 3 is 2.51 bits per heavy atom. The lowest BCUT2D eigenvalue weighted by molar-refractivity contribution is -0.138. The van der Waals surface area contributed by atoms with E-state index in [4.69, 9.17) is 5.11 Å². The second kappa shape index (κ2) is 10.4. The van der Waals surface area contributed by atoms with Crippen LogP contribution in [0.5, 0.6) is 0 Å². The minimum atomic E-state index is -4.36. The monoisotopic (exact) mass is 515 g/mol. The molecule has 0 saturated carbocycles. The smallest absolute Gasteiger partial charge is 0.416 e. The second-order valence-electron chi connectivity index (χ2n) is 8.27. The maximum Gasteiger partial charge on any atom is 0.416 e. The number of aromatic nitrogens is 1. The molecular formula is C27H24F3NO2S2. The molecule has 1 atom stereocenters. The van der Waals surface area contributed by atoms with Gasteiger partial charge in [-0.25, -0.2) is 4.98 Å². The summed E-state index contributed by atoms with van der Waals surface area (Å²) in [6, 6.07) is 17.3. The van der Waals surface area contributed by atoms with E-state index in [1.165, 1.54) is 23.5 Å². The molecule has 4 rings (SSSR count). The number of alkyl halides is 3. The highest BCUT2D eigenvalue weighted by molar-refractivity contribution is 7.99. The molecule has 0 aliphatic carbocycles. The summed E-state index contributed by atoms with van der Waals surface area (Å²) < 4.78 is 39.6. The van der Waals surface area contributed by atoms with E-state index in [0.29, 0.717) is 17.0 Å². The molecule has 35 heavy (non-hydrogen) atoms. The van der Waals surface area contributed by atoms with Crippen LogP contribution in [-0.4, -0.2) is 16.1 Å². The van der Waals surface area contributed by atoms with Gasteiger partial charge in [-0.15, -0.1) is 23.1 Å². The van der Waals surface area contributed by atoms with Gasteiger partial charge < -0.3 is 5.11 Å². The fourth-order valence-electron chi connectivity index (χ4n) is 3.91. The SMILES string of the molecule is CCC(Sc1cccc(CCC(=O)O)c1C)c1ccc2nc(-c3ccc(C(F)(F)F)cc3)sc2c1. The third-order valence-electron chi connectivity index (χ3n) is 5.89. The predicted octanol–water partition coefficient (Wildman–Crippen LogP) is 8.55. The number of benzene rings is 3. The number of hydrogen-bond donors (Lipinski definition) is 1. The van der Waals surface area contributed by atoms with E-state index in [9.17, 15) is 18.0 Å². The number of nitrogens with zero attached hydrogens (tertiary/aromatic N) is 1. The van der Waals surface area contributed by atoms with Crippen molar-refractivity contribution in [2.45, 2.75) is 49.4 Å². The van der Waals surface area contributed by atoms with E-state index in [1.54, 1.807) is 11.8 Å². The van der Waals surface area contributed by atoms with Gasteiger partial charge in [0.05, 0.1) is 15.8 Å². The van der Waals surface area contributed by atoms with Crippen molar-refractivity contribution in [3.05, 3.63) is 82.9 Å². The molecule has 0 aliphatic rings. The summed E-state index contributed by atoms with van der Waals surface area (Å²) in [7, 11) is 0. The summed E-state index contributed by atoms with van der Waals surface area (Å²) in [5, 5.41) is 9.91. The summed E-state index contributed by atoms with van der Waals surface area (Å²) in [4.78, 5) is 16.7. The lowest BCUT2D eigenvalue weighted by atomic mass is 10.0. The Labute approximate surface area is 210 Å². The molecule has 1 N–H and O–H groups in total. The van der Waals surface area contributed by atoms with E-state index >= 15 is 0 Å². The number of hydrogen-bond acceptors (Lipinski definition) is 4. The Morgan fingerprint density at radius 2 is 1.86 bits per heavy atom. The molecule has 0 amide bonds. The number of carboxylic acid groups (broad SMARTS) is 1. The fourth-order valence-corrected chi connectivity index (χ4v) is 6.15. The van der Waals surface area contributed by atoms with Crippen LogP contribution in [0.1, 0.15) is 47.3 Å². The highest BCUT2D eigenvalue weighted by Crippen LogP contribution is 2.42. The first kappa shape index (κ1) is 25.3. The van der Waals surface area contributed by atoms with Gasteiger partial charge in [-0.2, -0.15) is 13.2 Å². The average Bonchev–Trinajstić information content (AvgIpc) is 3.25. The van der Waals surface area contributed by atoms with Crippen LogP contribution < -0.4 is 0 Å². The number of thiazole rings is 1. The van der Waals surface area contributed by atoms with Crippen molar-refractivity contribution in [2.24, 2.45) is 0 Å². The first-order chi connectivity index (χ1) is 16.7. The largest absolute Gasteiger partial charge is 0.481 e. The first-order valence-electron chi connectivity index (χ1n) is 11.2. The molecule has 3 aromatic carbocycles. The summed E-state index contributed by atoms with van der Waals surface area (Å²) in [6.45, 7) is 4.17. The zero-order chi connectivity index (χ0) is 25.2. The lowest BCUT2D eigenvalue weighted by Gasteiger charge is -2.18. The van der Waals surface area contributed by atoms with Crippen LogP contribution in [0.15, 0.2) is 65.6 Å². The number of aryl methyl sites for hydroxylation is 1. The third-order valence-corrected chi connectivity index (χ3v) is 8.54. The number of fused-ring (bicyclic) bond motifs is 1. The second-order valence-corrected chi connectivity index (χ2v) is 10.5. The molecule has 8 heteroatoms. The van der Waals surface area contributed by atoms with E-state index in [0.717, 1.165) is 50.4 Å². The van der Waals surface area contributed by atoms with Gasteiger partial charge in [0.2, 0.25) is 0 Å². The standard InChI is InChI=1S/C27H24F3NO2S2/c1-3-22(34-23-6-4-5-17(16(23)2)10-14-25(32)33)19-9-13-21-24(15-19)35-26(31-21)18-7-11-20(12-8-18)27(28,29)30/h4-9,11-13,15,22H,3,10,14H2,1-2H3,(H,32,33). The zero-order valence-electron chi connectivity index (χ0n) is 19.2. The van der Waals surface area contributed by atoms with Crippen molar-refractivity contribution in [3.8, 4) is 10.6 Å². The fraction of sp³-hybridized carbons (Fsp3) is 0.259. The minimum absolute atomic E-state index is 0.107. The molecule has 182 valence electrons. The Bertz CT molecular complexity index is 1350. The number of halogens is 3. The Balaban J connectivity index is 1.58. The number of carboxylic acids is 1. The van der Waals surface area contributed by atoms with Crippen molar-refractivity contribution >= 4 is 39.3 Å². The molecule has 0 fully saturated rings. The molecule has 1 heterocycles. The maximum atomic E-state index is 12.9. The van der Waals surface area contributed by atoms with Crippen molar-refractivity contribution in [2.75, 3.05) is 0 Å². The first-order valence-corrected chi connectivity index (χ1v) is 12.9. The van der Waals surface area contributed by atoms with Crippen molar-refractivity contribution < 1.29 is 23.1 Å². The normalized spacial score (nSPS) is 12.7. The quantitative estimate of drug-likeness (QED) is 0.239. The highest BCUT2D eigenvalue weighted by Gasteiger charge is 2.30. The minimum Gasteiger partial charge on any atom is -0.481 e. The van der Waals surface area contributed by atoms with Crippen molar-refractivity contribution in [1.29, 1.82) is 0 Å². The van der Waals surface area contributed by atoms with Crippen molar-refractivity contribution in [3.63, 3.8) is 0 Å². The third kappa shape index (κ3) is 5.87. The highest BCUT2D eigenvalue weighted by atomic mass is 32.2. The number of carbonyl (C=O) groups is 1. The van der Waals surface area contributed by atoms with Gasteiger partial charge in [0, 0.05) is 22.1 Å². The van der Waals surface area contributed by atoms with E-state index in [-0.39, 0.29) is 11.7 Å². The molecule has 0 spiro atoms. The molecule has 0 aliphatic heterocycles. The van der Waals surface area contributed by atoms with Gasteiger partial charge >= 0.3 is 12.1 Å². The Hall–Kier alpha value is -2.84. The zero-order valence-corrected chi connectivity index (χ0v) is 20.9. The van der Waals surface area contributed by atoms with Gasteiger partial charge in [0.25, 0.3) is 0 Å². The Morgan fingerprint density at radius 1 is 1.11 bits per heavy atom. The molecule has 1 unspecified atom stereocenters. The van der Waals surface area contributed by atoms with E-state index in [2.05, 4.69) is 30.1 Å². The average molecular weight is 516 g/mol. The maximum absolute atomic E-state index is 12.9. The molecular weight excluding hydrogens is 491 g/mol. The summed E-state index contributed by atoms with van der Waals surface area (Å²) in [5.41, 5.74) is 4.13. The molecule has 3 nitrogen and oxygen atoms in total. The molecule has 0 bridgehead atoms. The van der Waals surface area contributed by atoms with Crippen LogP contribution in [0.4, 0.5) is 13.2 Å². The number of aliphatic carboxylic acids is 1. The van der Waals surface area contributed by atoms with Crippen LogP contribution in [0.2, 0.25) is 0 Å². The van der Waals surface area contributed by atoms with Gasteiger partial charge in [-0.3, -0.25) is 4.79 Å². The van der Waals surface area contributed by atoms with Gasteiger partial charge in [-0.05, 0) is 66.8 Å². The summed E-state index contributed by atoms with van der Waals surface area (Å²) in [6.07, 6.45) is -2.84. The summed E-state index contributed by atoms with van der Waals surface area (Å²) >= 11 is 3.23. The number of rotatable bonds is 8. The molecule has 4 aromatic rings. The van der Waals surface area contributed by atoms with E-state index in [1.807, 2.05) is 25.1 Å². The van der Waals surface area contributed by atoms with Gasteiger partial charge in [0.15, 0.2) is 0 Å². The van der Waals surface area contributed by atoms with Crippen LogP contribution >= 0.6 is 23.1 Å².